The fraction of sp³-hybridized carbons (Fsp3) is 0. The summed E-state index contributed by atoms with van der Waals surface area (Å²) in [5.74, 6) is -0.567. The molecule has 0 unspecified atom stereocenters. The van der Waals surface area contributed by atoms with E-state index in [0.29, 0.717) is 17.0 Å². The van der Waals surface area contributed by atoms with Crippen LogP contribution in [0.15, 0.2) is 38.5 Å². The molecular weight excluding hydrogens is 318 g/mol. The minimum atomic E-state index is -1.01. The molecular formula is C12H6BrNO3S. The van der Waals surface area contributed by atoms with Gasteiger partial charge in [-0.15, -0.1) is 11.3 Å². The van der Waals surface area contributed by atoms with Crippen molar-refractivity contribution >= 4 is 44.3 Å². The van der Waals surface area contributed by atoms with Crippen molar-refractivity contribution in [3.8, 4) is 10.8 Å². The van der Waals surface area contributed by atoms with Crippen LogP contribution in [-0.2, 0) is 0 Å². The lowest BCUT2D eigenvalue weighted by atomic mass is 10.2. The van der Waals surface area contributed by atoms with Crippen LogP contribution >= 0.6 is 27.3 Å². The van der Waals surface area contributed by atoms with Crippen LogP contribution < -0.4 is 0 Å². The molecule has 6 heteroatoms. The van der Waals surface area contributed by atoms with Gasteiger partial charge in [0.15, 0.2) is 5.58 Å². The van der Waals surface area contributed by atoms with Crippen LogP contribution in [0.2, 0.25) is 0 Å². The van der Waals surface area contributed by atoms with Gasteiger partial charge in [-0.05, 0) is 40.2 Å². The molecule has 0 atom stereocenters. The average molecular weight is 324 g/mol. The Morgan fingerprint density at radius 3 is 2.83 bits per heavy atom. The SMILES string of the molecule is O=C(O)c1cccc2oc(-c3ccc(Br)s3)nc12. The largest absolute Gasteiger partial charge is 0.478 e. The van der Waals surface area contributed by atoms with Crippen LogP contribution in [0.1, 0.15) is 10.4 Å². The molecule has 2 heterocycles. The number of rotatable bonds is 2. The first-order chi connectivity index (χ1) is 8.65. The highest BCUT2D eigenvalue weighted by atomic mass is 79.9. The van der Waals surface area contributed by atoms with E-state index in [1.165, 1.54) is 17.4 Å². The normalized spacial score (nSPS) is 10.9. The smallest absolute Gasteiger partial charge is 0.338 e. The zero-order valence-electron chi connectivity index (χ0n) is 8.88. The second kappa shape index (κ2) is 4.22. The highest BCUT2D eigenvalue weighted by molar-refractivity contribution is 9.11. The number of para-hydroxylation sites is 1. The lowest BCUT2D eigenvalue weighted by molar-refractivity contribution is 0.0699. The average Bonchev–Trinajstić information content (AvgIpc) is 2.93. The molecule has 0 aliphatic rings. The number of carboxylic acids is 1. The standard InChI is InChI=1S/C12H6BrNO3S/c13-9-5-4-8(18-9)11-14-10-6(12(15)16)2-1-3-7(10)17-11/h1-5H,(H,15,16). The summed E-state index contributed by atoms with van der Waals surface area (Å²) in [6, 6.07) is 8.64. The van der Waals surface area contributed by atoms with Gasteiger partial charge < -0.3 is 9.52 Å². The van der Waals surface area contributed by atoms with E-state index in [0.717, 1.165) is 8.66 Å². The van der Waals surface area contributed by atoms with E-state index in [4.69, 9.17) is 9.52 Å². The van der Waals surface area contributed by atoms with Gasteiger partial charge in [-0.1, -0.05) is 6.07 Å². The Labute approximate surface area is 114 Å². The Hall–Kier alpha value is -1.66. The molecule has 0 amide bonds. The predicted octanol–water partition coefficient (Wildman–Crippen LogP) is 4.02. The van der Waals surface area contributed by atoms with Crippen molar-refractivity contribution in [3.63, 3.8) is 0 Å². The molecule has 0 aliphatic carbocycles. The monoisotopic (exact) mass is 323 g/mol. The lowest BCUT2D eigenvalue weighted by Gasteiger charge is -1.92. The molecule has 18 heavy (non-hydrogen) atoms. The third kappa shape index (κ3) is 1.83. The van der Waals surface area contributed by atoms with Gasteiger partial charge in [0.2, 0.25) is 5.89 Å². The van der Waals surface area contributed by atoms with Crippen molar-refractivity contribution in [2.24, 2.45) is 0 Å². The summed E-state index contributed by atoms with van der Waals surface area (Å²) < 4.78 is 6.54. The van der Waals surface area contributed by atoms with Gasteiger partial charge in [-0.3, -0.25) is 0 Å². The molecule has 0 fully saturated rings. The maximum Gasteiger partial charge on any atom is 0.338 e. The molecule has 0 saturated carbocycles. The number of carboxylic acid groups (broad SMARTS) is 1. The van der Waals surface area contributed by atoms with Crippen molar-refractivity contribution in [1.29, 1.82) is 0 Å². The van der Waals surface area contributed by atoms with Crippen LogP contribution in [0.5, 0.6) is 0 Å². The summed E-state index contributed by atoms with van der Waals surface area (Å²) in [4.78, 5) is 16.2. The van der Waals surface area contributed by atoms with Crippen LogP contribution in [0, 0.1) is 0 Å². The third-order valence-corrected chi connectivity index (χ3v) is 4.05. The number of aromatic carboxylic acids is 1. The van der Waals surface area contributed by atoms with Gasteiger partial charge in [0, 0.05) is 0 Å². The maximum absolute atomic E-state index is 11.1. The number of aromatic nitrogens is 1. The predicted molar refractivity (Wildman–Crippen MR) is 72.0 cm³/mol. The van der Waals surface area contributed by atoms with E-state index in [1.807, 2.05) is 12.1 Å². The minimum Gasteiger partial charge on any atom is -0.478 e. The number of thiophene rings is 1. The second-order valence-electron chi connectivity index (χ2n) is 3.58. The van der Waals surface area contributed by atoms with Crippen molar-refractivity contribution in [2.75, 3.05) is 0 Å². The molecule has 1 N–H and O–H groups in total. The summed E-state index contributed by atoms with van der Waals surface area (Å²) in [5.41, 5.74) is 1.01. The summed E-state index contributed by atoms with van der Waals surface area (Å²) in [7, 11) is 0. The highest BCUT2D eigenvalue weighted by Crippen LogP contribution is 2.33. The fourth-order valence-corrected chi connectivity index (χ4v) is 2.97. The highest BCUT2D eigenvalue weighted by Gasteiger charge is 2.16. The Morgan fingerprint density at radius 2 is 2.17 bits per heavy atom. The molecule has 0 saturated heterocycles. The van der Waals surface area contributed by atoms with Crippen LogP contribution in [0.25, 0.3) is 21.9 Å². The van der Waals surface area contributed by atoms with Crippen LogP contribution in [0.3, 0.4) is 0 Å². The van der Waals surface area contributed by atoms with Crippen LogP contribution in [-0.4, -0.2) is 16.1 Å². The van der Waals surface area contributed by atoms with Gasteiger partial charge in [0.05, 0.1) is 14.2 Å². The van der Waals surface area contributed by atoms with E-state index in [9.17, 15) is 4.79 Å². The molecule has 3 aromatic rings. The van der Waals surface area contributed by atoms with Crippen molar-refractivity contribution < 1.29 is 14.3 Å². The number of benzene rings is 1. The number of nitrogens with zero attached hydrogens (tertiary/aromatic N) is 1. The molecule has 0 aliphatic heterocycles. The van der Waals surface area contributed by atoms with E-state index in [1.54, 1.807) is 12.1 Å². The van der Waals surface area contributed by atoms with Gasteiger partial charge >= 0.3 is 5.97 Å². The van der Waals surface area contributed by atoms with Gasteiger partial charge in [0.25, 0.3) is 0 Å². The third-order valence-electron chi connectivity index (χ3n) is 2.43. The quantitative estimate of drug-likeness (QED) is 0.773. The molecule has 3 rings (SSSR count). The lowest BCUT2D eigenvalue weighted by Crippen LogP contribution is -1.96. The molecule has 2 aromatic heterocycles. The summed E-state index contributed by atoms with van der Waals surface area (Å²) in [6.45, 7) is 0. The molecule has 0 bridgehead atoms. The fourth-order valence-electron chi connectivity index (χ4n) is 1.66. The van der Waals surface area contributed by atoms with Gasteiger partial charge in [-0.2, -0.15) is 0 Å². The van der Waals surface area contributed by atoms with Gasteiger partial charge in [0.1, 0.15) is 5.52 Å². The molecule has 90 valence electrons. The minimum absolute atomic E-state index is 0.151. The first-order valence-corrected chi connectivity index (χ1v) is 6.64. The van der Waals surface area contributed by atoms with Crippen molar-refractivity contribution in [1.82, 2.24) is 4.98 Å². The van der Waals surface area contributed by atoms with Crippen molar-refractivity contribution in [3.05, 3.63) is 39.7 Å². The zero-order valence-corrected chi connectivity index (χ0v) is 11.3. The van der Waals surface area contributed by atoms with E-state index >= 15 is 0 Å². The zero-order chi connectivity index (χ0) is 12.7. The molecule has 4 nitrogen and oxygen atoms in total. The number of hydrogen-bond donors (Lipinski definition) is 1. The van der Waals surface area contributed by atoms with E-state index in [-0.39, 0.29) is 5.56 Å². The van der Waals surface area contributed by atoms with E-state index < -0.39 is 5.97 Å². The molecule has 1 aromatic carbocycles. The van der Waals surface area contributed by atoms with Crippen molar-refractivity contribution in [2.45, 2.75) is 0 Å². The number of halogens is 1. The number of fused-ring (bicyclic) bond motifs is 1. The summed E-state index contributed by atoms with van der Waals surface area (Å²) in [6.07, 6.45) is 0. The Morgan fingerprint density at radius 1 is 1.33 bits per heavy atom. The Bertz CT molecular complexity index is 747. The summed E-state index contributed by atoms with van der Waals surface area (Å²) in [5, 5.41) is 9.08. The number of hydrogen-bond acceptors (Lipinski definition) is 4. The van der Waals surface area contributed by atoms with Crippen LogP contribution in [0.4, 0.5) is 0 Å². The molecule has 0 radical (unpaired) electrons. The number of carbonyl (C=O) groups is 1. The Balaban J connectivity index is 2.22. The topological polar surface area (TPSA) is 63.3 Å². The van der Waals surface area contributed by atoms with E-state index in [2.05, 4.69) is 20.9 Å². The second-order valence-corrected chi connectivity index (χ2v) is 6.04. The Kier molecular flexibility index (Phi) is 2.68. The summed E-state index contributed by atoms with van der Waals surface area (Å²) >= 11 is 4.85. The molecule has 0 spiro atoms. The number of oxazole rings is 1. The van der Waals surface area contributed by atoms with Gasteiger partial charge in [-0.25, -0.2) is 9.78 Å². The maximum atomic E-state index is 11.1. The first kappa shape index (κ1) is 11.4. The first-order valence-electron chi connectivity index (χ1n) is 5.04.